The topological polar surface area (TPSA) is 236 Å². The van der Waals surface area contributed by atoms with Gasteiger partial charge in [-0.05, 0) is 111 Å². The summed E-state index contributed by atoms with van der Waals surface area (Å²) in [6.45, 7) is 4.48. The Hall–Kier alpha value is -5.16. The van der Waals surface area contributed by atoms with Crippen LogP contribution in [0.1, 0.15) is 56.8 Å². The van der Waals surface area contributed by atoms with Crippen molar-refractivity contribution in [3.63, 3.8) is 0 Å². The van der Waals surface area contributed by atoms with Gasteiger partial charge in [0.1, 0.15) is 29.3 Å². The van der Waals surface area contributed by atoms with Crippen LogP contribution in [0.5, 0.6) is 5.75 Å². The maximum absolute atomic E-state index is 16.9. The van der Waals surface area contributed by atoms with Gasteiger partial charge < -0.3 is 25.5 Å². The first-order valence-corrected chi connectivity index (χ1v) is 19.5. The summed E-state index contributed by atoms with van der Waals surface area (Å²) in [6, 6.07) is 14.3. The number of azo groups is 1. The molecule has 0 aliphatic heterocycles. The number of carbonyl (C=O) groups is 3. The van der Waals surface area contributed by atoms with Crippen molar-refractivity contribution in [2.75, 3.05) is 11.3 Å². The van der Waals surface area contributed by atoms with E-state index in [4.69, 9.17) is 5.11 Å². The molecule has 56 heavy (non-hydrogen) atoms. The Kier molecular flexibility index (Phi) is 10.7. The van der Waals surface area contributed by atoms with Crippen LogP contribution in [0.3, 0.4) is 0 Å². The van der Waals surface area contributed by atoms with Crippen molar-refractivity contribution in [3.05, 3.63) is 96.2 Å². The van der Waals surface area contributed by atoms with Crippen LogP contribution < -0.4 is 4.72 Å². The number of phenols is 1. The number of anilines is 1. The highest BCUT2D eigenvalue weighted by atomic mass is 32.2. The van der Waals surface area contributed by atoms with Crippen LogP contribution in [0.4, 0.5) is 21.6 Å². The molecular formula is C40H43FN4O10S. The number of nitrogens with one attached hydrogen (secondary N) is 1. The highest BCUT2D eigenvalue weighted by Crippen LogP contribution is 2.70. The lowest BCUT2D eigenvalue weighted by molar-refractivity contribution is -0.219. The van der Waals surface area contributed by atoms with Gasteiger partial charge in [0, 0.05) is 22.9 Å². The van der Waals surface area contributed by atoms with Crippen LogP contribution >= 0.6 is 0 Å². The average molecular weight is 791 g/mol. The van der Waals surface area contributed by atoms with Gasteiger partial charge in [0.05, 0.1) is 22.4 Å². The number of aliphatic hydroxyl groups excluding tert-OH is 2. The smallest absolute Gasteiger partial charge is 0.339 e. The Morgan fingerprint density at radius 1 is 1.04 bits per heavy atom. The van der Waals surface area contributed by atoms with Crippen LogP contribution in [-0.2, 0) is 19.6 Å². The van der Waals surface area contributed by atoms with E-state index < -0.39 is 68.4 Å². The number of fused-ring (bicyclic) bond motifs is 5. The van der Waals surface area contributed by atoms with E-state index in [9.17, 15) is 43.2 Å². The molecule has 14 nitrogen and oxygen atoms in total. The number of carboxylic acids is 1. The summed E-state index contributed by atoms with van der Waals surface area (Å²) in [7, 11) is -3.79. The summed E-state index contributed by atoms with van der Waals surface area (Å²) < 4.78 is 43.9. The summed E-state index contributed by atoms with van der Waals surface area (Å²) in [5.41, 5.74) is -4.87. The van der Waals surface area contributed by atoms with E-state index in [-0.39, 0.29) is 45.8 Å². The number of aromatic carboxylic acids is 1. The third kappa shape index (κ3) is 6.63. The van der Waals surface area contributed by atoms with Gasteiger partial charge in [-0.3, -0.25) is 14.3 Å². The number of benzene rings is 2. The number of allylic oxidation sites excluding steroid dienone is 4. The minimum atomic E-state index is -3.79. The summed E-state index contributed by atoms with van der Waals surface area (Å²) in [5, 5.41) is 58.3. The molecule has 0 radical (unpaired) electrons. The molecular weight excluding hydrogens is 748 g/mol. The number of hydrogen-bond donors (Lipinski definition) is 6. The Labute approximate surface area is 322 Å². The fourth-order valence-corrected chi connectivity index (χ4v) is 10.5. The van der Waals surface area contributed by atoms with Crippen LogP contribution in [0.25, 0.3) is 0 Å². The van der Waals surface area contributed by atoms with Crippen molar-refractivity contribution in [2.24, 2.45) is 38.8 Å². The third-order valence-electron chi connectivity index (χ3n) is 12.3. The molecule has 0 spiro atoms. The molecule has 3 saturated carbocycles. The van der Waals surface area contributed by atoms with Gasteiger partial charge in [-0.15, -0.1) is 0 Å². The van der Waals surface area contributed by atoms with Crippen molar-refractivity contribution in [2.45, 2.75) is 68.7 Å². The molecule has 0 unspecified atom stereocenters. The maximum Gasteiger partial charge on any atom is 0.339 e. The normalized spacial score (nSPS) is 32.0. The quantitative estimate of drug-likeness (QED) is 0.154. The Morgan fingerprint density at radius 3 is 2.36 bits per heavy atom. The molecule has 4 aliphatic carbocycles. The van der Waals surface area contributed by atoms with Gasteiger partial charge in [-0.2, -0.15) is 10.2 Å². The van der Waals surface area contributed by atoms with Gasteiger partial charge in [-0.1, -0.05) is 31.6 Å². The van der Waals surface area contributed by atoms with E-state index in [2.05, 4.69) is 19.9 Å². The summed E-state index contributed by atoms with van der Waals surface area (Å²) >= 11 is 0. The van der Waals surface area contributed by atoms with Crippen molar-refractivity contribution < 1.29 is 52.7 Å². The number of rotatable bonds is 8. The standard InChI is InChI=1S/C22H29FO5.C18H14N4O5S/c1-12-8-16-15-5-4-13-9-14(25)6-7-19(13,2)21(15,23)17(26)10-20(16,3)22(12,28)18(27)11-24;23-16-9-6-13(11-15(16)18(24)25)21-20-12-4-7-14(8-5-12)28(26,27)22-17-3-1-2-10-19-17/h6-7,9,12,15-17,24,26,28H,4-5,8,10-11H2,1-3H3;1-11,23H,(H,19,22)(H,24,25)/b;21-20+/t12-,15+,16+,17+,19+,20+,21+,22+;/m1./s1. The second-order valence-electron chi connectivity index (χ2n) is 15.3. The number of alkyl halides is 1. The number of halogens is 1. The number of carboxylic acid groups (broad SMARTS) is 1. The molecule has 2 aromatic carbocycles. The molecule has 0 saturated heterocycles. The van der Waals surface area contributed by atoms with Crippen LogP contribution in [0, 0.1) is 28.6 Å². The number of ketones is 2. The zero-order chi connectivity index (χ0) is 40.8. The van der Waals surface area contributed by atoms with E-state index in [1.807, 2.05) is 0 Å². The average Bonchev–Trinajstić information content (AvgIpc) is 3.36. The number of sulfonamides is 1. The SMILES string of the molecule is C[C@@H]1C[C@H]2[C@@H]3CCC4=CC(=O)C=C[C@]4(C)[C@@]3(F)[C@@H](O)C[C@]2(C)[C@@]1(O)C(=O)CO.O=C(O)c1cc(/N=N/c2ccc(S(=O)(=O)Nc3ccccn3)cc2)ccc1O. The molecule has 0 amide bonds. The summed E-state index contributed by atoms with van der Waals surface area (Å²) in [6.07, 6.45) is 5.91. The summed E-state index contributed by atoms with van der Waals surface area (Å²) in [4.78, 5) is 39.3. The van der Waals surface area contributed by atoms with Crippen molar-refractivity contribution in [1.82, 2.24) is 4.98 Å². The molecule has 8 atom stereocenters. The molecule has 4 aliphatic rings. The number of pyridine rings is 1. The first kappa shape index (κ1) is 40.5. The third-order valence-corrected chi connectivity index (χ3v) is 13.7. The van der Waals surface area contributed by atoms with E-state index in [0.717, 1.165) is 0 Å². The second kappa shape index (κ2) is 14.7. The molecule has 6 N–H and O–H groups in total. The first-order chi connectivity index (χ1) is 26.3. The number of Topliss-reactive ketones (excluding diaryl/α,β-unsaturated/α-hetero) is 1. The molecule has 296 valence electrons. The lowest BCUT2D eigenvalue weighted by Crippen LogP contribution is -2.69. The van der Waals surface area contributed by atoms with Crippen molar-refractivity contribution >= 4 is 44.8 Å². The first-order valence-electron chi connectivity index (χ1n) is 18.0. The number of carbonyl (C=O) groups excluding carboxylic acids is 2. The van der Waals surface area contributed by atoms with E-state index >= 15 is 4.39 Å². The molecule has 16 heteroatoms. The Balaban J connectivity index is 0.000000190. The Morgan fingerprint density at radius 2 is 1.71 bits per heavy atom. The fourth-order valence-electron chi connectivity index (χ4n) is 9.45. The van der Waals surface area contributed by atoms with Crippen LogP contribution in [0.2, 0.25) is 0 Å². The second-order valence-corrected chi connectivity index (χ2v) is 17.0. The molecule has 0 bridgehead atoms. The molecule has 1 aromatic heterocycles. The van der Waals surface area contributed by atoms with Crippen molar-refractivity contribution in [3.8, 4) is 5.75 Å². The minimum absolute atomic E-state index is 0.0231. The number of hydrogen-bond acceptors (Lipinski definition) is 12. The van der Waals surface area contributed by atoms with Crippen molar-refractivity contribution in [1.29, 1.82) is 0 Å². The maximum atomic E-state index is 16.9. The zero-order valence-electron chi connectivity index (χ0n) is 30.8. The largest absolute Gasteiger partial charge is 0.507 e. The number of aliphatic hydroxyl groups is 3. The van der Waals surface area contributed by atoms with Gasteiger partial charge >= 0.3 is 5.97 Å². The lowest BCUT2D eigenvalue weighted by atomic mass is 9.44. The highest BCUT2D eigenvalue weighted by molar-refractivity contribution is 7.92. The van der Waals surface area contributed by atoms with E-state index in [1.54, 1.807) is 39.0 Å². The predicted molar refractivity (Wildman–Crippen MR) is 201 cm³/mol. The molecule has 7 rings (SSSR count). The number of aromatic nitrogens is 1. The zero-order valence-corrected chi connectivity index (χ0v) is 31.6. The van der Waals surface area contributed by atoms with E-state index in [1.165, 1.54) is 66.9 Å². The fraction of sp³-hybridized carbons (Fsp3) is 0.400. The van der Waals surface area contributed by atoms with Gasteiger partial charge in [-0.25, -0.2) is 22.6 Å². The van der Waals surface area contributed by atoms with Gasteiger partial charge in [0.2, 0.25) is 0 Å². The molecule has 3 fully saturated rings. The number of nitrogens with zero attached hydrogens (tertiary/aromatic N) is 3. The minimum Gasteiger partial charge on any atom is -0.507 e. The highest BCUT2D eigenvalue weighted by Gasteiger charge is 2.75. The lowest BCUT2D eigenvalue weighted by Gasteiger charge is -2.62. The Bertz CT molecular complexity index is 2250. The van der Waals surface area contributed by atoms with Gasteiger partial charge in [0.25, 0.3) is 10.0 Å². The van der Waals surface area contributed by atoms with E-state index in [0.29, 0.717) is 30.5 Å². The van der Waals surface area contributed by atoms with Gasteiger partial charge in [0.15, 0.2) is 17.2 Å². The van der Waals surface area contributed by atoms with Crippen LogP contribution in [-0.4, -0.2) is 80.5 Å². The number of aromatic hydroxyl groups is 1. The summed E-state index contributed by atoms with van der Waals surface area (Å²) in [5.74, 6) is -3.58. The molecule has 1 heterocycles. The predicted octanol–water partition coefficient (Wildman–Crippen LogP) is 5.60. The molecule has 3 aromatic rings. The van der Waals surface area contributed by atoms with Crippen LogP contribution in [0.15, 0.2) is 106 Å². The monoisotopic (exact) mass is 790 g/mol.